The molecule has 122 valence electrons. The minimum absolute atomic E-state index is 0.108. The van der Waals surface area contributed by atoms with Gasteiger partial charge in [0.15, 0.2) is 5.96 Å². The first-order chi connectivity index (χ1) is 9.98. The van der Waals surface area contributed by atoms with Crippen LogP contribution >= 0.6 is 0 Å². The third-order valence-corrected chi connectivity index (χ3v) is 4.20. The van der Waals surface area contributed by atoms with Crippen molar-refractivity contribution in [3.8, 4) is 0 Å². The Labute approximate surface area is 124 Å². The summed E-state index contributed by atoms with van der Waals surface area (Å²) in [6.07, 6.45) is -1.27. The maximum absolute atomic E-state index is 12.2. The van der Waals surface area contributed by atoms with E-state index in [2.05, 4.69) is 20.1 Å². The van der Waals surface area contributed by atoms with Gasteiger partial charge < -0.3 is 15.1 Å². The summed E-state index contributed by atoms with van der Waals surface area (Å²) in [5.74, 6) is 1.20. The van der Waals surface area contributed by atoms with Gasteiger partial charge in [-0.3, -0.25) is 4.99 Å². The quantitative estimate of drug-likeness (QED) is 0.636. The van der Waals surface area contributed by atoms with E-state index in [1.807, 2.05) is 0 Å². The molecule has 2 heterocycles. The van der Waals surface area contributed by atoms with E-state index in [0.29, 0.717) is 11.9 Å². The Balaban J connectivity index is 1.73. The lowest BCUT2D eigenvalue weighted by molar-refractivity contribution is -0.132. The summed E-state index contributed by atoms with van der Waals surface area (Å²) in [6, 6.07) is 0. The molecule has 1 atom stereocenters. The zero-order valence-corrected chi connectivity index (χ0v) is 12.6. The zero-order chi connectivity index (χ0) is 15.3. The van der Waals surface area contributed by atoms with Crippen LogP contribution in [0.15, 0.2) is 4.99 Å². The second kappa shape index (κ2) is 7.33. The maximum Gasteiger partial charge on any atom is 0.390 e. The number of hydrogen-bond donors (Lipinski definition) is 1. The van der Waals surface area contributed by atoms with E-state index in [-0.39, 0.29) is 6.54 Å². The predicted octanol–water partition coefficient (Wildman–Crippen LogP) is 1.93. The van der Waals surface area contributed by atoms with Gasteiger partial charge in [-0.1, -0.05) is 0 Å². The normalized spacial score (nSPS) is 24.9. The molecule has 1 N–H and O–H groups in total. The van der Waals surface area contributed by atoms with Crippen LogP contribution in [0.1, 0.15) is 25.7 Å². The average molecular weight is 306 g/mol. The average Bonchev–Trinajstić information content (AvgIpc) is 3.06. The molecule has 2 fully saturated rings. The number of halogens is 3. The first kappa shape index (κ1) is 16.4. The number of nitrogens with zero attached hydrogens (tertiary/aromatic N) is 3. The van der Waals surface area contributed by atoms with Crippen LogP contribution in [-0.2, 0) is 0 Å². The zero-order valence-electron chi connectivity index (χ0n) is 12.6. The van der Waals surface area contributed by atoms with Crippen molar-refractivity contribution in [1.29, 1.82) is 0 Å². The second-order valence-electron chi connectivity index (χ2n) is 5.95. The number of aliphatic imine (C=N–C) groups is 1. The monoisotopic (exact) mass is 306 g/mol. The van der Waals surface area contributed by atoms with Crippen molar-refractivity contribution < 1.29 is 13.2 Å². The Morgan fingerprint density at radius 1 is 1.24 bits per heavy atom. The molecule has 0 aromatic heterocycles. The van der Waals surface area contributed by atoms with Crippen molar-refractivity contribution >= 4 is 5.96 Å². The van der Waals surface area contributed by atoms with Crippen molar-refractivity contribution in [2.45, 2.75) is 31.9 Å². The summed E-state index contributed by atoms with van der Waals surface area (Å²) in [4.78, 5) is 8.68. The van der Waals surface area contributed by atoms with Crippen molar-refractivity contribution in [2.24, 2.45) is 10.9 Å². The van der Waals surface area contributed by atoms with Gasteiger partial charge in [0.1, 0.15) is 0 Å². The number of alkyl halides is 3. The lowest BCUT2D eigenvalue weighted by Crippen LogP contribution is -2.41. The number of guanidine groups is 1. The highest BCUT2D eigenvalue weighted by Crippen LogP contribution is 2.21. The Morgan fingerprint density at radius 2 is 1.95 bits per heavy atom. The van der Waals surface area contributed by atoms with Crippen LogP contribution in [0.4, 0.5) is 13.2 Å². The molecule has 0 spiro atoms. The molecular formula is C14H25F3N4. The van der Waals surface area contributed by atoms with Crippen LogP contribution in [-0.4, -0.2) is 68.3 Å². The summed E-state index contributed by atoms with van der Waals surface area (Å²) in [5.41, 5.74) is 0. The lowest BCUT2D eigenvalue weighted by Gasteiger charge is -2.23. The summed E-state index contributed by atoms with van der Waals surface area (Å²) in [6.45, 7) is 5.15. The molecule has 4 nitrogen and oxygen atoms in total. The molecule has 0 bridgehead atoms. The third-order valence-electron chi connectivity index (χ3n) is 4.20. The van der Waals surface area contributed by atoms with E-state index in [1.54, 1.807) is 7.05 Å². The Bertz CT molecular complexity index is 351. The van der Waals surface area contributed by atoms with Crippen LogP contribution in [0, 0.1) is 5.92 Å². The highest BCUT2D eigenvalue weighted by molar-refractivity contribution is 5.80. The molecule has 1 unspecified atom stereocenters. The van der Waals surface area contributed by atoms with Crippen LogP contribution < -0.4 is 5.32 Å². The number of hydrogen-bond acceptors (Lipinski definition) is 2. The van der Waals surface area contributed by atoms with Gasteiger partial charge in [-0.2, -0.15) is 13.2 Å². The molecule has 2 aliphatic rings. The molecule has 0 aromatic carbocycles. The standard InChI is InChI=1S/C14H25F3N4/c1-18-13(19-6-5-14(15,16)17)21-9-4-12(11-21)10-20-7-2-3-8-20/h12H,2-11H2,1H3,(H,18,19). The molecule has 0 saturated carbocycles. The fraction of sp³-hybridized carbons (Fsp3) is 0.929. The molecule has 2 saturated heterocycles. The topological polar surface area (TPSA) is 30.9 Å². The molecule has 0 aromatic rings. The number of likely N-dealkylation sites (tertiary alicyclic amines) is 2. The first-order valence-corrected chi connectivity index (χ1v) is 7.72. The Morgan fingerprint density at radius 3 is 2.57 bits per heavy atom. The summed E-state index contributed by atoms with van der Waals surface area (Å²) in [5, 5.41) is 2.82. The Hall–Kier alpha value is -0.980. The molecular weight excluding hydrogens is 281 g/mol. The van der Waals surface area contributed by atoms with Crippen LogP contribution in [0.5, 0.6) is 0 Å². The van der Waals surface area contributed by atoms with E-state index < -0.39 is 12.6 Å². The van der Waals surface area contributed by atoms with Gasteiger partial charge in [0.2, 0.25) is 0 Å². The lowest BCUT2D eigenvalue weighted by atomic mass is 10.1. The summed E-state index contributed by atoms with van der Waals surface area (Å²) < 4.78 is 36.5. The van der Waals surface area contributed by atoms with E-state index in [9.17, 15) is 13.2 Å². The van der Waals surface area contributed by atoms with Crippen molar-refractivity contribution in [1.82, 2.24) is 15.1 Å². The van der Waals surface area contributed by atoms with E-state index in [0.717, 1.165) is 26.1 Å². The van der Waals surface area contributed by atoms with Crippen molar-refractivity contribution in [3.63, 3.8) is 0 Å². The van der Waals surface area contributed by atoms with Gasteiger partial charge in [-0.05, 0) is 38.3 Å². The van der Waals surface area contributed by atoms with Gasteiger partial charge in [0.05, 0.1) is 6.42 Å². The van der Waals surface area contributed by atoms with Gasteiger partial charge in [0.25, 0.3) is 0 Å². The van der Waals surface area contributed by atoms with Crippen LogP contribution in [0.2, 0.25) is 0 Å². The maximum atomic E-state index is 12.2. The fourth-order valence-electron chi connectivity index (χ4n) is 3.15. The Kier molecular flexibility index (Phi) is 5.72. The third kappa shape index (κ3) is 5.37. The van der Waals surface area contributed by atoms with Gasteiger partial charge >= 0.3 is 6.18 Å². The summed E-state index contributed by atoms with van der Waals surface area (Å²) in [7, 11) is 1.63. The minimum atomic E-state index is -4.12. The SMILES string of the molecule is CN=C(NCCC(F)(F)F)N1CCC(CN2CCCC2)C1. The minimum Gasteiger partial charge on any atom is -0.356 e. The van der Waals surface area contributed by atoms with Crippen LogP contribution in [0.25, 0.3) is 0 Å². The molecule has 0 amide bonds. The van der Waals surface area contributed by atoms with E-state index >= 15 is 0 Å². The fourth-order valence-corrected chi connectivity index (χ4v) is 3.15. The second-order valence-corrected chi connectivity index (χ2v) is 5.95. The van der Waals surface area contributed by atoms with Crippen molar-refractivity contribution in [2.75, 3.05) is 46.3 Å². The molecule has 0 radical (unpaired) electrons. The van der Waals surface area contributed by atoms with E-state index in [1.165, 1.54) is 25.9 Å². The first-order valence-electron chi connectivity index (χ1n) is 7.72. The summed E-state index contributed by atoms with van der Waals surface area (Å²) >= 11 is 0. The predicted molar refractivity (Wildman–Crippen MR) is 77.4 cm³/mol. The van der Waals surface area contributed by atoms with E-state index in [4.69, 9.17) is 0 Å². The highest BCUT2D eigenvalue weighted by Gasteiger charge is 2.29. The van der Waals surface area contributed by atoms with Crippen LogP contribution in [0.3, 0.4) is 0 Å². The van der Waals surface area contributed by atoms with Crippen molar-refractivity contribution in [3.05, 3.63) is 0 Å². The molecule has 0 aliphatic carbocycles. The number of nitrogens with one attached hydrogen (secondary N) is 1. The largest absolute Gasteiger partial charge is 0.390 e. The van der Waals surface area contributed by atoms with Gasteiger partial charge in [-0.15, -0.1) is 0 Å². The molecule has 7 heteroatoms. The highest BCUT2D eigenvalue weighted by atomic mass is 19.4. The molecule has 2 rings (SSSR count). The smallest absolute Gasteiger partial charge is 0.356 e. The van der Waals surface area contributed by atoms with Gasteiger partial charge in [-0.25, -0.2) is 0 Å². The molecule has 2 aliphatic heterocycles. The van der Waals surface area contributed by atoms with Gasteiger partial charge in [0, 0.05) is 33.2 Å². The number of rotatable bonds is 4. The molecule has 21 heavy (non-hydrogen) atoms.